The fraction of sp³-hybridized carbons (Fsp3) is 0.0986. The third-order valence-corrected chi connectivity index (χ3v) is 16.5. The molecule has 0 spiro atoms. The van der Waals surface area contributed by atoms with Gasteiger partial charge in [0.15, 0.2) is 0 Å². The number of hydrogen-bond donors (Lipinski definition) is 0. The van der Waals surface area contributed by atoms with Crippen LogP contribution in [0.1, 0.15) is 55.5 Å². The van der Waals surface area contributed by atoms with Crippen LogP contribution in [0.2, 0.25) is 0 Å². The van der Waals surface area contributed by atoms with Crippen molar-refractivity contribution in [1.29, 1.82) is 0 Å². The molecule has 0 N–H and O–H groups in total. The second-order valence-corrected chi connectivity index (χ2v) is 21.3. The number of hydrogen-bond acceptors (Lipinski definition) is 0. The predicted octanol–water partition coefficient (Wildman–Crippen LogP) is 19.4. The lowest BCUT2D eigenvalue weighted by Gasteiger charge is -2.23. The Morgan fingerprint density at radius 3 is 1.07 bits per heavy atom. The van der Waals surface area contributed by atoms with E-state index in [1.54, 1.807) is 0 Å². The topological polar surface area (TPSA) is 0 Å². The van der Waals surface area contributed by atoms with Crippen LogP contribution in [0, 0.1) is 6.92 Å². The van der Waals surface area contributed by atoms with Crippen molar-refractivity contribution in [2.75, 3.05) is 0 Å². The zero-order chi connectivity index (χ0) is 47.8. The van der Waals surface area contributed by atoms with Gasteiger partial charge in [0.2, 0.25) is 0 Å². The quantitative estimate of drug-likeness (QED) is 0.156. The van der Waals surface area contributed by atoms with E-state index in [2.05, 4.69) is 259 Å². The lowest BCUT2D eigenvalue weighted by molar-refractivity contribution is 0.659. The summed E-state index contributed by atoms with van der Waals surface area (Å²) in [5.74, 6) is 0. The van der Waals surface area contributed by atoms with Gasteiger partial charge in [-0.1, -0.05) is 240 Å². The first-order valence-electron chi connectivity index (χ1n) is 25.2. The molecule has 0 radical (unpaired) electrons. The van der Waals surface area contributed by atoms with Crippen LogP contribution in [-0.4, -0.2) is 0 Å². The van der Waals surface area contributed by atoms with Crippen LogP contribution in [0.4, 0.5) is 0 Å². The highest BCUT2D eigenvalue weighted by Crippen LogP contribution is 2.57. The molecule has 0 aromatic heterocycles. The summed E-state index contributed by atoms with van der Waals surface area (Å²) in [5, 5.41) is 2.63. The SMILES string of the molecule is Cc1ccc2c(c1)C(C)(C)c1cc(-c3ccc4c(c3)C(C)(C)c3cc(-c5ccc(-c6ccc(-c7ccc8c9c(cccc79)-c7c(-c9ccccc9)ccc(-c9ccccc9)c7-8)cc6)cc5)ccc3-4)ccc1-2. The van der Waals surface area contributed by atoms with Gasteiger partial charge in [0.25, 0.3) is 0 Å². The van der Waals surface area contributed by atoms with Gasteiger partial charge >= 0.3 is 0 Å². The van der Waals surface area contributed by atoms with Gasteiger partial charge in [-0.2, -0.15) is 0 Å². The van der Waals surface area contributed by atoms with E-state index >= 15 is 0 Å². The summed E-state index contributed by atoms with van der Waals surface area (Å²) in [6.45, 7) is 11.8. The summed E-state index contributed by atoms with van der Waals surface area (Å²) in [4.78, 5) is 0. The number of aryl methyl sites for hydroxylation is 1. The highest BCUT2D eigenvalue weighted by atomic mass is 14.4. The number of rotatable bonds is 6. The molecule has 11 aromatic carbocycles. The first-order valence-corrected chi connectivity index (χ1v) is 25.2. The van der Waals surface area contributed by atoms with E-state index < -0.39 is 0 Å². The van der Waals surface area contributed by atoms with Crippen molar-refractivity contribution < 1.29 is 0 Å². The van der Waals surface area contributed by atoms with Gasteiger partial charge in [-0.05, 0) is 169 Å². The molecule has 0 fully saturated rings. The van der Waals surface area contributed by atoms with Gasteiger partial charge in [-0.25, -0.2) is 0 Å². The van der Waals surface area contributed by atoms with Crippen LogP contribution < -0.4 is 0 Å². The predicted molar refractivity (Wildman–Crippen MR) is 301 cm³/mol. The Bertz CT molecular complexity index is 3920. The zero-order valence-corrected chi connectivity index (χ0v) is 40.9. The largest absolute Gasteiger partial charge is 0.0622 e. The Hall–Kier alpha value is -8.32. The minimum atomic E-state index is -0.132. The standard InChI is InChI=1S/C71H52/c1-43-19-31-56-57-33-29-51(41-65(57)70(2,3)63(56)39-43)52-30-34-59-58-32-28-50(40-64(58)71(4,5)66(59)42-52)46-22-20-44(21-23-46)45-24-26-49(27-25-45)53-35-38-62-67-60(53)17-12-18-61(67)68-54(47-13-8-6-9-14-47)36-37-55(69(62)68)48-15-10-7-11-16-48/h6-42H,1-5H3. The van der Waals surface area contributed by atoms with Crippen LogP contribution in [0.25, 0.3) is 122 Å². The molecule has 3 aliphatic carbocycles. The average Bonchev–Trinajstić information content (AvgIpc) is 3.96. The summed E-state index contributed by atoms with van der Waals surface area (Å²) in [6.07, 6.45) is 0. The molecule has 71 heavy (non-hydrogen) atoms. The molecular formula is C71H52. The van der Waals surface area contributed by atoms with E-state index in [0.717, 1.165) is 0 Å². The van der Waals surface area contributed by atoms with Crippen molar-refractivity contribution in [2.45, 2.75) is 45.4 Å². The van der Waals surface area contributed by atoms with Gasteiger partial charge in [-0.15, -0.1) is 0 Å². The van der Waals surface area contributed by atoms with Crippen LogP contribution in [0.3, 0.4) is 0 Å². The van der Waals surface area contributed by atoms with Crippen LogP contribution in [-0.2, 0) is 10.8 Å². The zero-order valence-electron chi connectivity index (χ0n) is 40.9. The summed E-state index contributed by atoms with van der Waals surface area (Å²) in [6, 6.07) is 84.6. The number of benzene rings is 11. The summed E-state index contributed by atoms with van der Waals surface area (Å²) in [7, 11) is 0. The average molecular weight is 905 g/mol. The maximum absolute atomic E-state index is 2.46. The smallest absolute Gasteiger partial charge is 0.0159 e. The fourth-order valence-corrected chi connectivity index (χ4v) is 12.8. The Kier molecular flexibility index (Phi) is 8.99. The Morgan fingerprint density at radius 2 is 0.577 bits per heavy atom. The Labute approximate surface area is 417 Å². The van der Waals surface area contributed by atoms with Crippen molar-refractivity contribution in [3.05, 3.63) is 252 Å². The molecule has 3 aliphatic rings. The third-order valence-electron chi connectivity index (χ3n) is 16.5. The van der Waals surface area contributed by atoms with Gasteiger partial charge in [-0.3, -0.25) is 0 Å². The second kappa shape index (κ2) is 15.3. The maximum atomic E-state index is 2.46. The normalized spacial score (nSPS) is 13.9. The Balaban J connectivity index is 0.747. The van der Waals surface area contributed by atoms with Crippen molar-refractivity contribution in [3.8, 4) is 111 Å². The molecule has 0 nitrogen and oxygen atoms in total. The lowest BCUT2D eigenvalue weighted by Crippen LogP contribution is -2.15. The summed E-state index contributed by atoms with van der Waals surface area (Å²) >= 11 is 0. The van der Waals surface area contributed by atoms with Crippen LogP contribution in [0.15, 0.2) is 224 Å². The minimum absolute atomic E-state index is 0.0323. The van der Waals surface area contributed by atoms with Crippen molar-refractivity contribution in [1.82, 2.24) is 0 Å². The second-order valence-electron chi connectivity index (χ2n) is 21.3. The molecule has 0 amide bonds. The molecule has 0 atom stereocenters. The van der Waals surface area contributed by atoms with E-state index in [9.17, 15) is 0 Å². The highest BCUT2D eigenvalue weighted by Gasteiger charge is 2.38. The van der Waals surface area contributed by atoms with Gasteiger partial charge in [0.05, 0.1) is 0 Å². The molecule has 0 saturated carbocycles. The maximum Gasteiger partial charge on any atom is 0.0159 e. The molecule has 336 valence electrons. The van der Waals surface area contributed by atoms with Crippen LogP contribution in [0.5, 0.6) is 0 Å². The molecule has 0 saturated heterocycles. The van der Waals surface area contributed by atoms with Gasteiger partial charge < -0.3 is 0 Å². The molecule has 0 heteroatoms. The number of fused-ring (bicyclic) bond motifs is 9. The van der Waals surface area contributed by atoms with E-state index in [1.807, 2.05) is 0 Å². The van der Waals surface area contributed by atoms with E-state index in [4.69, 9.17) is 0 Å². The van der Waals surface area contributed by atoms with Crippen LogP contribution >= 0.6 is 0 Å². The van der Waals surface area contributed by atoms with E-state index in [-0.39, 0.29) is 10.8 Å². The molecule has 11 aromatic rings. The molecule has 14 rings (SSSR count). The lowest BCUT2D eigenvalue weighted by atomic mass is 9.80. The van der Waals surface area contributed by atoms with Crippen molar-refractivity contribution in [3.63, 3.8) is 0 Å². The van der Waals surface area contributed by atoms with Gasteiger partial charge in [0.1, 0.15) is 0 Å². The van der Waals surface area contributed by atoms with Crippen molar-refractivity contribution in [2.24, 2.45) is 0 Å². The summed E-state index contributed by atoms with van der Waals surface area (Å²) < 4.78 is 0. The molecule has 0 bridgehead atoms. The molecule has 0 aliphatic heterocycles. The van der Waals surface area contributed by atoms with E-state index in [1.165, 1.54) is 150 Å². The molecular weight excluding hydrogens is 853 g/mol. The Morgan fingerprint density at radius 1 is 0.239 bits per heavy atom. The fourth-order valence-electron chi connectivity index (χ4n) is 12.8. The molecule has 0 unspecified atom stereocenters. The van der Waals surface area contributed by atoms with Gasteiger partial charge in [0, 0.05) is 10.8 Å². The van der Waals surface area contributed by atoms with E-state index in [0.29, 0.717) is 0 Å². The molecule has 0 heterocycles. The van der Waals surface area contributed by atoms with Crippen molar-refractivity contribution >= 4 is 10.8 Å². The first kappa shape index (κ1) is 41.6. The first-order chi connectivity index (χ1) is 34.6. The monoisotopic (exact) mass is 904 g/mol. The summed E-state index contributed by atoms with van der Waals surface area (Å²) in [5.41, 5.74) is 32.5. The minimum Gasteiger partial charge on any atom is -0.0622 e. The highest BCUT2D eigenvalue weighted by molar-refractivity contribution is 6.23. The third kappa shape index (κ3) is 6.24.